The number of hydrogen-bond acceptors (Lipinski definition) is 3. The third kappa shape index (κ3) is 2.26. The summed E-state index contributed by atoms with van der Waals surface area (Å²) in [6.07, 6.45) is 2.49. The summed E-state index contributed by atoms with van der Waals surface area (Å²) >= 11 is 5.60. The molecule has 0 fully saturated rings. The van der Waals surface area contributed by atoms with E-state index in [-0.39, 0.29) is 5.91 Å². The van der Waals surface area contributed by atoms with Gasteiger partial charge < -0.3 is 14.6 Å². The number of nitrogens with one attached hydrogen (secondary N) is 1. The molecule has 3 heterocycles. The number of carbonyl (C=O) groups is 1. The lowest BCUT2D eigenvalue weighted by Gasteiger charge is -2.15. The number of ether oxygens (including phenoxy) is 1. The molecule has 5 nitrogen and oxygen atoms in total. The van der Waals surface area contributed by atoms with Crippen LogP contribution in [0.3, 0.4) is 0 Å². The number of aromatic nitrogens is 2. The molecular weight excluding hydrogens is 266 g/mol. The Morgan fingerprint density at radius 3 is 3.21 bits per heavy atom. The smallest absolute Gasteiger partial charge is 0.268 e. The number of halogens is 1. The van der Waals surface area contributed by atoms with Crippen LogP contribution in [0.2, 0.25) is 0 Å². The molecule has 100 valence electrons. The molecule has 19 heavy (non-hydrogen) atoms. The highest BCUT2D eigenvalue weighted by molar-refractivity contribution is 6.17. The Morgan fingerprint density at radius 1 is 1.47 bits per heavy atom. The first-order chi connectivity index (χ1) is 9.29. The van der Waals surface area contributed by atoms with Crippen LogP contribution in [-0.2, 0) is 6.54 Å². The molecule has 1 aliphatic rings. The quantitative estimate of drug-likeness (QED) is 0.686. The fraction of sp³-hybridized carbons (Fsp3) is 0.385. The van der Waals surface area contributed by atoms with Crippen molar-refractivity contribution in [2.24, 2.45) is 0 Å². The predicted octanol–water partition coefficient (Wildman–Crippen LogP) is 1.79. The molecule has 0 saturated carbocycles. The molecule has 0 bridgehead atoms. The number of alkyl halides is 1. The monoisotopic (exact) mass is 279 g/mol. The van der Waals surface area contributed by atoms with Crippen molar-refractivity contribution in [1.82, 2.24) is 14.9 Å². The summed E-state index contributed by atoms with van der Waals surface area (Å²) in [7, 11) is 0. The van der Waals surface area contributed by atoms with Crippen LogP contribution in [0.5, 0.6) is 5.75 Å². The highest BCUT2D eigenvalue weighted by Crippen LogP contribution is 2.23. The Labute approximate surface area is 115 Å². The zero-order valence-corrected chi connectivity index (χ0v) is 11.1. The number of amides is 1. The van der Waals surface area contributed by atoms with Gasteiger partial charge in [0, 0.05) is 24.4 Å². The minimum absolute atomic E-state index is 0.0474. The molecule has 2 aromatic rings. The van der Waals surface area contributed by atoms with Gasteiger partial charge in [-0.05, 0) is 18.6 Å². The van der Waals surface area contributed by atoms with Gasteiger partial charge in [-0.1, -0.05) is 0 Å². The maximum absolute atomic E-state index is 11.7. The summed E-state index contributed by atoms with van der Waals surface area (Å²) in [6, 6.07) is 3.76. The fourth-order valence-electron chi connectivity index (χ4n) is 2.24. The lowest BCUT2D eigenvalue weighted by molar-refractivity contribution is 0.0929. The number of nitrogens with zero attached hydrogens (tertiary/aromatic N) is 2. The molecule has 0 saturated heterocycles. The first-order valence-electron chi connectivity index (χ1n) is 6.26. The van der Waals surface area contributed by atoms with E-state index in [4.69, 9.17) is 16.3 Å². The third-order valence-electron chi connectivity index (χ3n) is 3.11. The molecule has 0 atom stereocenters. The molecule has 0 aliphatic carbocycles. The van der Waals surface area contributed by atoms with Crippen LogP contribution in [0, 0.1) is 0 Å². The van der Waals surface area contributed by atoms with Crippen molar-refractivity contribution >= 4 is 28.5 Å². The van der Waals surface area contributed by atoms with Crippen LogP contribution < -0.4 is 10.1 Å². The standard InChI is InChI=1S/C13H14ClN3O2/c14-2-1-5-19-10-6-9-7-11-13(18)15-3-4-17(11)12(9)16-8-10/h6-8H,1-5H2,(H,15,18). The number of carbonyl (C=O) groups excluding carboxylic acids is 1. The van der Waals surface area contributed by atoms with Gasteiger partial charge in [-0.2, -0.15) is 0 Å². The second kappa shape index (κ2) is 5.09. The average Bonchev–Trinajstić information content (AvgIpc) is 2.79. The SMILES string of the molecule is O=C1NCCn2c1cc1cc(OCCCCl)cnc12. The zero-order valence-electron chi connectivity index (χ0n) is 10.4. The second-order valence-electron chi connectivity index (χ2n) is 4.41. The zero-order chi connectivity index (χ0) is 13.2. The summed E-state index contributed by atoms with van der Waals surface area (Å²) in [5.74, 6) is 1.24. The maximum Gasteiger partial charge on any atom is 0.268 e. The number of rotatable bonds is 4. The van der Waals surface area contributed by atoms with E-state index in [2.05, 4.69) is 10.3 Å². The van der Waals surface area contributed by atoms with Crippen molar-refractivity contribution in [3.63, 3.8) is 0 Å². The van der Waals surface area contributed by atoms with Gasteiger partial charge in [-0.25, -0.2) is 4.98 Å². The first kappa shape index (κ1) is 12.3. The van der Waals surface area contributed by atoms with E-state index in [1.807, 2.05) is 16.7 Å². The van der Waals surface area contributed by atoms with E-state index in [1.54, 1.807) is 6.20 Å². The second-order valence-corrected chi connectivity index (χ2v) is 4.79. The van der Waals surface area contributed by atoms with E-state index in [9.17, 15) is 4.79 Å². The summed E-state index contributed by atoms with van der Waals surface area (Å²) in [6.45, 7) is 1.97. The molecule has 3 rings (SSSR count). The highest BCUT2D eigenvalue weighted by Gasteiger charge is 2.20. The Hall–Kier alpha value is -1.75. The minimum Gasteiger partial charge on any atom is -0.492 e. The van der Waals surface area contributed by atoms with Crippen LogP contribution in [0.25, 0.3) is 11.0 Å². The van der Waals surface area contributed by atoms with Gasteiger partial charge in [0.1, 0.15) is 17.1 Å². The molecule has 0 radical (unpaired) electrons. The fourth-order valence-corrected chi connectivity index (χ4v) is 2.34. The van der Waals surface area contributed by atoms with E-state index < -0.39 is 0 Å². The molecule has 0 unspecified atom stereocenters. The Kier molecular flexibility index (Phi) is 3.29. The molecule has 1 N–H and O–H groups in total. The lowest BCUT2D eigenvalue weighted by Crippen LogP contribution is -2.34. The number of fused-ring (bicyclic) bond motifs is 3. The van der Waals surface area contributed by atoms with Crippen molar-refractivity contribution in [3.8, 4) is 5.75 Å². The van der Waals surface area contributed by atoms with Crippen LogP contribution in [0.4, 0.5) is 0 Å². The van der Waals surface area contributed by atoms with Crippen molar-refractivity contribution in [2.75, 3.05) is 19.0 Å². The summed E-state index contributed by atoms with van der Waals surface area (Å²) in [5.41, 5.74) is 1.49. The topological polar surface area (TPSA) is 56.2 Å². The van der Waals surface area contributed by atoms with Gasteiger partial charge in [0.25, 0.3) is 5.91 Å². The molecule has 0 aromatic carbocycles. The van der Waals surface area contributed by atoms with E-state index in [0.717, 1.165) is 24.0 Å². The first-order valence-corrected chi connectivity index (χ1v) is 6.79. The van der Waals surface area contributed by atoms with Gasteiger partial charge in [0.05, 0.1) is 12.8 Å². The summed E-state index contributed by atoms with van der Waals surface area (Å²) < 4.78 is 7.50. The van der Waals surface area contributed by atoms with Gasteiger partial charge in [-0.3, -0.25) is 4.79 Å². The third-order valence-corrected chi connectivity index (χ3v) is 3.38. The predicted molar refractivity (Wildman–Crippen MR) is 72.9 cm³/mol. The Bertz CT molecular complexity index is 624. The summed E-state index contributed by atoms with van der Waals surface area (Å²) in [4.78, 5) is 16.1. The van der Waals surface area contributed by atoms with Gasteiger partial charge in [-0.15, -0.1) is 11.6 Å². The van der Waals surface area contributed by atoms with E-state index in [0.29, 0.717) is 30.5 Å². The van der Waals surface area contributed by atoms with E-state index >= 15 is 0 Å². The Balaban J connectivity index is 1.93. The normalized spacial score (nSPS) is 14.3. The average molecular weight is 280 g/mol. The van der Waals surface area contributed by atoms with Gasteiger partial charge in [0.2, 0.25) is 0 Å². The van der Waals surface area contributed by atoms with Crippen LogP contribution in [-0.4, -0.2) is 34.5 Å². The maximum atomic E-state index is 11.7. The van der Waals surface area contributed by atoms with Crippen molar-refractivity contribution in [1.29, 1.82) is 0 Å². The van der Waals surface area contributed by atoms with Crippen molar-refractivity contribution in [2.45, 2.75) is 13.0 Å². The van der Waals surface area contributed by atoms with Gasteiger partial charge >= 0.3 is 0 Å². The number of pyridine rings is 1. The number of hydrogen-bond donors (Lipinski definition) is 1. The van der Waals surface area contributed by atoms with E-state index in [1.165, 1.54) is 0 Å². The van der Waals surface area contributed by atoms with Crippen molar-refractivity contribution in [3.05, 3.63) is 24.0 Å². The Morgan fingerprint density at radius 2 is 2.37 bits per heavy atom. The molecule has 0 spiro atoms. The largest absolute Gasteiger partial charge is 0.492 e. The molecule has 6 heteroatoms. The lowest BCUT2D eigenvalue weighted by atomic mass is 10.3. The van der Waals surface area contributed by atoms with Crippen LogP contribution in [0.1, 0.15) is 16.9 Å². The molecule has 1 aliphatic heterocycles. The highest BCUT2D eigenvalue weighted by atomic mass is 35.5. The van der Waals surface area contributed by atoms with Crippen LogP contribution in [0.15, 0.2) is 18.3 Å². The van der Waals surface area contributed by atoms with Crippen LogP contribution >= 0.6 is 11.6 Å². The van der Waals surface area contributed by atoms with Gasteiger partial charge in [0.15, 0.2) is 0 Å². The summed E-state index contributed by atoms with van der Waals surface area (Å²) in [5, 5.41) is 3.75. The molecule has 1 amide bonds. The minimum atomic E-state index is -0.0474. The molecular formula is C13H14ClN3O2. The van der Waals surface area contributed by atoms with Crippen molar-refractivity contribution < 1.29 is 9.53 Å². The molecule has 2 aromatic heterocycles.